The Morgan fingerprint density at radius 2 is 1.84 bits per heavy atom. The Morgan fingerprint density at radius 3 is 2.50 bits per heavy atom. The van der Waals surface area contributed by atoms with Crippen LogP contribution in [0.5, 0.6) is 0 Å². The smallest absolute Gasteiger partial charge is 0.366 e. The maximum atomic E-state index is 14.0. The normalized spacial score (nSPS) is 17.7. The molecule has 1 heterocycles. The quantitative estimate of drug-likeness (QED) is 0.302. The summed E-state index contributed by atoms with van der Waals surface area (Å²) in [6, 6.07) is 11.4. The highest BCUT2D eigenvalue weighted by Crippen LogP contribution is 2.45. The Morgan fingerprint density at radius 1 is 1.16 bits per heavy atom. The molecule has 0 aliphatic heterocycles. The number of hydrogen-bond acceptors (Lipinski definition) is 3. The summed E-state index contributed by atoms with van der Waals surface area (Å²) in [7, 11) is 0. The number of nitrogens with two attached hydrogens (primary N) is 1. The fourth-order valence-corrected chi connectivity index (χ4v) is 5.13. The van der Waals surface area contributed by atoms with Gasteiger partial charge in [-0.15, -0.1) is 0 Å². The summed E-state index contributed by atoms with van der Waals surface area (Å²) in [5, 5.41) is 2.57. The third kappa shape index (κ3) is 6.49. The first-order valence-electron chi connectivity index (χ1n) is 12.5. The number of primary amides is 1. The molecule has 2 atom stereocenters. The van der Waals surface area contributed by atoms with Gasteiger partial charge in [-0.05, 0) is 55.0 Å². The van der Waals surface area contributed by atoms with Crippen molar-refractivity contribution in [3.8, 4) is 0 Å². The predicted molar refractivity (Wildman–Crippen MR) is 132 cm³/mol. The summed E-state index contributed by atoms with van der Waals surface area (Å²) in [5.74, 6) is -4.25. The minimum absolute atomic E-state index is 0.206. The average molecular weight is 537 g/mol. The van der Waals surface area contributed by atoms with Gasteiger partial charge < -0.3 is 16.0 Å². The Labute approximate surface area is 216 Å². The van der Waals surface area contributed by atoms with Crippen molar-refractivity contribution in [1.82, 2.24) is 15.3 Å². The molecular weight excluding hydrogens is 507 g/mol. The van der Waals surface area contributed by atoms with Gasteiger partial charge in [0.15, 0.2) is 0 Å². The molecule has 1 fully saturated rings. The number of carbonyl (C=O) groups is 2. The number of halogens is 5. The molecule has 0 unspecified atom stereocenters. The van der Waals surface area contributed by atoms with Crippen LogP contribution in [0.25, 0.3) is 11.0 Å². The number of nitrogens with zero attached hydrogens (tertiary/aromatic N) is 1. The molecule has 1 saturated carbocycles. The standard InChI is InChI=1S/C27H29F5N4O2/c1-15(34-22(37)10-13-27(30,31)32)17-6-7-20-21(14-17)36-25(35-20)23(16-8-11-26(28,29)12-9-16)18-4-2-3-5-19(18)24(33)38/h2-7,14-16,23H,8-13H2,1H3,(H2,33,38)(H,34,37)(H,35,36)/t15-,23+/m1/s1. The van der Waals surface area contributed by atoms with Crippen molar-refractivity contribution in [2.45, 2.75) is 69.5 Å². The van der Waals surface area contributed by atoms with E-state index < -0.39 is 48.7 Å². The number of aromatic amines is 1. The van der Waals surface area contributed by atoms with E-state index in [4.69, 9.17) is 10.7 Å². The molecule has 204 valence electrons. The molecule has 0 bridgehead atoms. The Bertz CT molecular complexity index is 1310. The van der Waals surface area contributed by atoms with Crippen LogP contribution in [0.3, 0.4) is 0 Å². The third-order valence-corrected chi connectivity index (χ3v) is 7.13. The van der Waals surface area contributed by atoms with Crippen LogP contribution in [0.2, 0.25) is 0 Å². The van der Waals surface area contributed by atoms with Gasteiger partial charge in [-0.3, -0.25) is 9.59 Å². The number of nitrogens with one attached hydrogen (secondary N) is 2. The molecule has 1 aliphatic carbocycles. The van der Waals surface area contributed by atoms with Crippen LogP contribution in [0, 0.1) is 5.92 Å². The van der Waals surface area contributed by atoms with E-state index >= 15 is 0 Å². The van der Waals surface area contributed by atoms with Gasteiger partial charge in [0, 0.05) is 30.7 Å². The number of rotatable bonds is 8. The van der Waals surface area contributed by atoms with E-state index in [0.717, 1.165) is 0 Å². The first kappa shape index (κ1) is 27.5. The third-order valence-electron chi connectivity index (χ3n) is 7.13. The molecule has 0 saturated heterocycles. The van der Waals surface area contributed by atoms with E-state index in [9.17, 15) is 31.5 Å². The topological polar surface area (TPSA) is 101 Å². The Balaban J connectivity index is 1.64. The molecule has 0 radical (unpaired) electrons. The number of hydrogen-bond donors (Lipinski definition) is 3. The zero-order valence-corrected chi connectivity index (χ0v) is 20.7. The van der Waals surface area contributed by atoms with E-state index in [1.807, 2.05) is 0 Å². The van der Waals surface area contributed by atoms with Gasteiger partial charge >= 0.3 is 6.18 Å². The second-order valence-electron chi connectivity index (χ2n) is 9.93. The Hall–Kier alpha value is -3.50. The van der Waals surface area contributed by atoms with Crippen LogP contribution >= 0.6 is 0 Å². The van der Waals surface area contributed by atoms with Gasteiger partial charge in [-0.25, -0.2) is 13.8 Å². The maximum Gasteiger partial charge on any atom is 0.389 e. The van der Waals surface area contributed by atoms with Crippen LogP contribution in [-0.2, 0) is 4.79 Å². The van der Waals surface area contributed by atoms with Gasteiger partial charge in [0.1, 0.15) is 5.82 Å². The van der Waals surface area contributed by atoms with Crippen molar-refractivity contribution in [2.24, 2.45) is 11.7 Å². The molecular formula is C27H29F5N4O2. The van der Waals surface area contributed by atoms with Gasteiger partial charge in [0.25, 0.3) is 0 Å². The zero-order valence-electron chi connectivity index (χ0n) is 20.7. The predicted octanol–water partition coefficient (Wildman–Crippen LogP) is 6.14. The summed E-state index contributed by atoms with van der Waals surface area (Å²) in [5.41, 5.74) is 8.38. The molecule has 11 heteroatoms. The zero-order chi connectivity index (χ0) is 27.7. The first-order chi connectivity index (χ1) is 17.8. The molecule has 6 nitrogen and oxygen atoms in total. The largest absolute Gasteiger partial charge is 0.389 e. The molecule has 4 rings (SSSR count). The summed E-state index contributed by atoms with van der Waals surface area (Å²) >= 11 is 0. The number of carbonyl (C=O) groups excluding carboxylic acids is 2. The summed E-state index contributed by atoms with van der Waals surface area (Å²) in [6.45, 7) is 1.66. The fourth-order valence-electron chi connectivity index (χ4n) is 5.13. The van der Waals surface area contributed by atoms with Crippen LogP contribution in [0.15, 0.2) is 42.5 Å². The molecule has 1 aliphatic rings. The van der Waals surface area contributed by atoms with Gasteiger partial charge in [-0.1, -0.05) is 24.3 Å². The van der Waals surface area contributed by atoms with E-state index in [-0.39, 0.29) is 31.6 Å². The van der Waals surface area contributed by atoms with Crippen molar-refractivity contribution >= 4 is 22.8 Å². The van der Waals surface area contributed by atoms with Crippen LogP contribution in [-0.4, -0.2) is 33.9 Å². The van der Waals surface area contributed by atoms with Gasteiger partial charge in [0.05, 0.1) is 23.5 Å². The highest BCUT2D eigenvalue weighted by atomic mass is 19.4. The van der Waals surface area contributed by atoms with E-state index in [2.05, 4.69) is 10.3 Å². The number of imidazole rings is 1. The lowest BCUT2D eigenvalue weighted by Gasteiger charge is -2.33. The van der Waals surface area contributed by atoms with E-state index in [1.165, 1.54) is 0 Å². The fraction of sp³-hybridized carbons (Fsp3) is 0.444. The van der Waals surface area contributed by atoms with Crippen molar-refractivity contribution in [1.29, 1.82) is 0 Å². The summed E-state index contributed by atoms with van der Waals surface area (Å²) in [4.78, 5) is 32.1. The number of benzene rings is 2. The molecule has 0 spiro atoms. The second-order valence-corrected chi connectivity index (χ2v) is 9.93. The highest BCUT2D eigenvalue weighted by molar-refractivity contribution is 5.94. The average Bonchev–Trinajstić information content (AvgIpc) is 3.26. The van der Waals surface area contributed by atoms with Crippen LogP contribution < -0.4 is 11.1 Å². The molecule has 3 aromatic rings. The number of H-pyrrole nitrogens is 1. The highest BCUT2D eigenvalue weighted by Gasteiger charge is 2.40. The maximum absolute atomic E-state index is 14.0. The lowest BCUT2D eigenvalue weighted by molar-refractivity contribution is -0.144. The number of aromatic nitrogens is 2. The molecule has 1 aromatic heterocycles. The molecule has 38 heavy (non-hydrogen) atoms. The Kier molecular flexibility index (Phi) is 7.75. The summed E-state index contributed by atoms with van der Waals surface area (Å²) < 4.78 is 65.2. The van der Waals surface area contributed by atoms with Crippen molar-refractivity contribution in [3.63, 3.8) is 0 Å². The second kappa shape index (κ2) is 10.7. The SMILES string of the molecule is C[C@@H](NC(=O)CCC(F)(F)F)c1ccc2nc([C@H](c3ccccc3C(N)=O)C3CCC(F)(F)CC3)[nH]c2c1. The van der Waals surface area contributed by atoms with Crippen molar-refractivity contribution in [3.05, 3.63) is 65.0 Å². The van der Waals surface area contributed by atoms with Gasteiger partial charge in [-0.2, -0.15) is 13.2 Å². The first-order valence-corrected chi connectivity index (χ1v) is 12.5. The molecule has 2 amide bonds. The van der Waals surface area contributed by atoms with Gasteiger partial charge in [0.2, 0.25) is 17.7 Å². The minimum atomic E-state index is -4.41. The monoisotopic (exact) mass is 536 g/mol. The minimum Gasteiger partial charge on any atom is -0.366 e. The summed E-state index contributed by atoms with van der Waals surface area (Å²) in [6.07, 6.45) is -6.31. The van der Waals surface area contributed by atoms with Crippen molar-refractivity contribution in [2.75, 3.05) is 0 Å². The molecule has 4 N–H and O–H groups in total. The number of amides is 2. The lowest BCUT2D eigenvalue weighted by atomic mass is 9.74. The van der Waals surface area contributed by atoms with E-state index in [1.54, 1.807) is 49.4 Å². The number of alkyl halides is 5. The lowest BCUT2D eigenvalue weighted by Crippen LogP contribution is -2.29. The van der Waals surface area contributed by atoms with Crippen LogP contribution in [0.1, 0.15) is 84.7 Å². The van der Waals surface area contributed by atoms with Crippen molar-refractivity contribution < 1.29 is 31.5 Å². The number of fused-ring (bicyclic) bond motifs is 1. The molecule has 2 aromatic carbocycles. The van der Waals surface area contributed by atoms with Crippen LogP contribution in [0.4, 0.5) is 22.0 Å². The van der Waals surface area contributed by atoms with E-state index in [0.29, 0.717) is 33.5 Å².